The van der Waals surface area contributed by atoms with Gasteiger partial charge in [0.05, 0.1) is 11.0 Å². The molecule has 0 radical (unpaired) electrons. The average Bonchev–Trinajstić information content (AvgIpc) is 2.65. The first kappa shape index (κ1) is 12.9. The average molecular weight is 248 g/mol. The van der Waals surface area contributed by atoms with Crippen molar-refractivity contribution < 1.29 is 0 Å². The molecule has 0 aliphatic rings. The highest BCUT2D eigenvalue weighted by Crippen LogP contribution is 2.11. The van der Waals surface area contributed by atoms with Crippen LogP contribution >= 0.6 is 0 Å². The van der Waals surface area contributed by atoms with Crippen LogP contribution in [0.2, 0.25) is 0 Å². The van der Waals surface area contributed by atoms with Gasteiger partial charge in [-0.15, -0.1) is 0 Å². The summed E-state index contributed by atoms with van der Waals surface area (Å²) in [5.41, 5.74) is 2.73. The minimum atomic E-state index is -0.161. The molecule has 5 nitrogen and oxygen atoms in total. The molecule has 4 N–H and O–H groups in total. The molecule has 0 aliphatic carbocycles. The molecular weight excluding hydrogens is 228 g/mol. The standard InChI is InChI=1S/C13H20N4O/c1-13(2,8-14-3)15-7-9-4-5-10-11(6-9)17-12(18)16-10/h4-6,14-15H,7-8H2,1-3H3,(H2,16,17,18). The molecule has 18 heavy (non-hydrogen) atoms. The Balaban J connectivity index is 2.10. The molecule has 0 saturated heterocycles. The fraction of sp³-hybridized carbons (Fsp3) is 0.462. The number of imidazole rings is 1. The SMILES string of the molecule is CNCC(C)(C)NCc1ccc2[nH]c(=O)[nH]c2c1. The lowest BCUT2D eigenvalue weighted by Gasteiger charge is -2.26. The number of aromatic amines is 2. The van der Waals surface area contributed by atoms with Crippen LogP contribution in [0.25, 0.3) is 11.0 Å². The number of hydrogen-bond donors (Lipinski definition) is 4. The normalized spacial score (nSPS) is 12.2. The van der Waals surface area contributed by atoms with Crippen molar-refractivity contribution in [2.24, 2.45) is 0 Å². The van der Waals surface area contributed by atoms with Gasteiger partial charge in [0.15, 0.2) is 0 Å². The first-order valence-corrected chi connectivity index (χ1v) is 6.11. The highest BCUT2D eigenvalue weighted by molar-refractivity contribution is 5.74. The van der Waals surface area contributed by atoms with E-state index in [0.717, 1.165) is 29.7 Å². The number of fused-ring (bicyclic) bond motifs is 1. The summed E-state index contributed by atoms with van der Waals surface area (Å²) >= 11 is 0. The van der Waals surface area contributed by atoms with E-state index in [-0.39, 0.29) is 11.2 Å². The van der Waals surface area contributed by atoms with Crippen molar-refractivity contribution in [2.45, 2.75) is 25.9 Å². The van der Waals surface area contributed by atoms with Crippen molar-refractivity contribution >= 4 is 11.0 Å². The zero-order valence-corrected chi connectivity index (χ0v) is 11.1. The second kappa shape index (κ2) is 4.96. The van der Waals surface area contributed by atoms with E-state index in [1.54, 1.807) is 0 Å². The molecule has 0 spiro atoms. The summed E-state index contributed by atoms with van der Waals surface area (Å²) in [7, 11) is 1.94. The Bertz CT molecular complexity index is 582. The Morgan fingerprint density at radius 2 is 1.94 bits per heavy atom. The largest absolute Gasteiger partial charge is 0.323 e. The van der Waals surface area contributed by atoms with Crippen LogP contribution in [0, 0.1) is 0 Å². The second-order valence-electron chi connectivity index (χ2n) is 5.23. The van der Waals surface area contributed by atoms with Gasteiger partial charge in [-0.1, -0.05) is 6.07 Å². The number of nitrogens with one attached hydrogen (secondary N) is 4. The number of aromatic nitrogens is 2. The summed E-state index contributed by atoms with van der Waals surface area (Å²) in [6.45, 7) is 5.98. The summed E-state index contributed by atoms with van der Waals surface area (Å²) in [4.78, 5) is 16.7. The molecule has 0 atom stereocenters. The molecule has 1 aromatic heterocycles. The second-order valence-corrected chi connectivity index (χ2v) is 5.23. The number of likely N-dealkylation sites (N-methyl/N-ethyl adjacent to an activating group) is 1. The summed E-state index contributed by atoms with van der Waals surface area (Å²) in [5.74, 6) is 0. The van der Waals surface area contributed by atoms with Gasteiger partial charge in [-0.2, -0.15) is 0 Å². The Kier molecular flexibility index (Phi) is 3.54. The summed E-state index contributed by atoms with van der Waals surface area (Å²) in [6.07, 6.45) is 0. The third kappa shape index (κ3) is 3.00. The molecule has 1 aromatic carbocycles. The molecule has 0 fully saturated rings. The van der Waals surface area contributed by atoms with Crippen molar-refractivity contribution in [2.75, 3.05) is 13.6 Å². The van der Waals surface area contributed by atoms with Crippen molar-refractivity contribution in [3.63, 3.8) is 0 Å². The zero-order valence-electron chi connectivity index (χ0n) is 11.1. The van der Waals surface area contributed by atoms with Crippen molar-refractivity contribution in [1.82, 2.24) is 20.6 Å². The lowest BCUT2D eigenvalue weighted by molar-refractivity contribution is 0.374. The Morgan fingerprint density at radius 1 is 1.22 bits per heavy atom. The van der Waals surface area contributed by atoms with E-state index in [9.17, 15) is 4.79 Å². The lowest BCUT2D eigenvalue weighted by atomic mass is 10.1. The first-order chi connectivity index (χ1) is 8.50. The zero-order chi connectivity index (χ0) is 13.2. The van der Waals surface area contributed by atoms with Gasteiger partial charge in [0, 0.05) is 18.6 Å². The molecule has 2 rings (SSSR count). The maximum atomic E-state index is 11.2. The van der Waals surface area contributed by atoms with Crippen LogP contribution in [0.3, 0.4) is 0 Å². The number of benzene rings is 1. The van der Waals surface area contributed by atoms with Crippen LogP contribution in [0.15, 0.2) is 23.0 Å². The number of H-pyrrole nitrogens is 2. The molecular formula is C13H20N4O. The monoisotopic (exact) mass is 248 g/mol. The summed E-state index contributed by atoms with van der Waals surface area (Å²) in [5, 5.41) is 6.65. The molecule has 0 saturated carbocycles. The van der Waals surface area contributed by atoms with Gasteiger partial charge in [-0.3, -0.25) is 0 Å². The quantitative estimate of drug-likeness (QED) is 0.636. The van der Waals surface area contributed by atoms with Crippen molar-refractivity contribution in [3.05, 3.63) is 34.2 Å². The molecule has 5 heteroatoms. The van der Waals surface area contributed by atoms with Crippen LogP contribution in [0.4, 0.5) is 0 Å². The van der Waals surface area contributed by atoms with Crippen LogP contribution in [-0.2, 0) is 6.54 Å². The molecule has 0 bridgehead atoms. The van der Waals surface area contributed by atoms with Gasteiger partial charge < -0.3 is 20.6 Å². The fourth-order valence-electron chi connectivity index (χ4n) is 2.04. The predicted octanol–water partition coefficient (Wildman–Crippen LogP) is 0.944. The van der Waals surface area contributed by atoms with Gasteiger partial charge in [0.25, 0.3) is 0 Å². The summed E-state index contributed by atoms with van der Waals surface area (Å²) in [6, 6.07) is 5.94. The van der Waals surface area contributed by atoms with E-state index < -0.39 is 0 Å². The third-order valence-electron chi connectivity index (χ3n) is 2.97. The molecule has 2 aromatic rings. The molecule has 0 amide bonds. The minimum absolute atomic E-state index is 0.0370. The maximum absolute atomic E-state index is 11.2. The predicted molar refractivity (Wildman–Crippen MR) is 73.8 cm³/mol. The topological polar surface area (TPSA) is 72.7 Å². The lowest BCUT2D eigenvalue weighted by Crippen LogP contribution is -2.46. The Labute approximate surface area is 106 Å². The van der Waals surface area contributed by atoms with Crippen molar-refractivity contribution in [1.29, 1.82) is 0 Å². The minimum Gasteiger partial charge on any atom is -0.318 e. The van der Waals surface area contributed by atoms with E-state index in [1.165, 1.54) is 0 Å². The van der Waals surface area contributed by atoms with E-state index >= 15 is 0 Å². The highest BCUT2D eigenvalue weighted by Gasteiger charge is 2.15. The van der Waals surface area contributed by atoms with E-state index in [0.29, 0.717) is 0 Å². The van der Waals surface area contributed by atoms with Gasteiger partial charge in [0.2, 0.25) is 0 Å². The Hall–Kier alpha value is -1.59. The van der Waals surface area contributed by atoms with E-state index in [2.05, 4.69) is 34.4 Å². The van der Waals surface area contributed by atoms with Crippen LogP contribution in [0.5, 0.6) is 0 Å². The highest BCUT2D eigenvalue weighted by atomic mass is 16.1. The van der Waals surface area contributed by atoms with Gasteiger partial charge in [-0.05, 0) is 38.6 Å². The number of rotatable bonds is 5. The molecule has 0 unspecified atom stereocenters. The number of hydrogen-bond acceptors (Lipinski definition) is 3. The van der Waals surface area contributed by atoms with Crippen LogP contribution in [0.1, 0.15) is 19.4 Å². The van der Waals surface area contributed by atoms with Gasteiger partial charge in [0.1, 0.15) is 0 Å². The molecule has 1 heterocycles. The van der Waals surface area contributed by atoms with Gasteiger partial charge >= 0.3 is 5.69 Å². The van der Waals surface area contributed by atoms with Crippen LogP contribution < -0.4 is 16.3 Å². The van der Waals surface area contributed by atoms with Crippen molar-refractivity contribution in [3.8, 4) is 0 Å². The maximum Gasteiger partial charge on any atom is 0.323 e. The van der Waals surface area contributed by atoms with E-state index in [1.807, 2.05) is 25.2 Å². The smallest absolute Gasteiger partial charge is 0.318 e. The third-order valence-corrected chi connectivity index (χ3v) is 2.97. The van der Waals surface area contributed by atoms with E-state index in [4.69, 9.17) is 0 Å². The molecule has 0 aliphatic heterocycles. The van der Waals surface area contributed by atoms with Gasteiger partial charge in [-0.25, -0.2) is 4.79 Å². The molecule has 98 valence electrons. The first-order valence-electron chi connectivity index (χ1n) is 6.11. The van der Waals surface area contributed by atoms with Crippen LogP contribution in [-0.4, -0.2) is 29.1 Å². The summed E-state index contributed by atoms with van der Waals surface area (Å²) < 4.78 is 0. The Morgan fingerprint density at radius 3 is 2.67 bits per heavy atom. The fourth-order valence-corrected chi connectivity index (χ4v) is 2.04.